The Morgan fingerprint density at radius 1 is 1.06 bits per heavy atom. The van der Waals surface area contributed by atoms with Gasteiger partial charge in [0, 0.05) is 30.9 Å². The average Bonchev–Trinajstić information content (AvgIpc) is 3.22. The molecule has 160 valence electrons. The van der Waals surface area contributed by atoms with Gasteiger partial charge in [-0.1, -0.05) is 11.6 Å². The average molecular weight is 447 g/mol. The van der Waals surface area contributed by atoms with Gasteiger partial charge in [-0.2, -0.15) is 10.4 Å². The van der Waals surface area contributed by atoms with Crippen LogP contribution in [0.15, 0.2) is 48.9 Å². The Kier molecular flexibility index (Phi) is 5.21. The number of nitrogens with two attached hydrogens (primary N) is 1. The van der Waals surface area contributed by atoms with E-state index in [1.54, 1.807) is 17.0 Å². The summed E-state index contributed by atoms with van der Waals surface area (Å²) in [7, 11) is 0. The molecular formula is C22H19ClN8O. The van der Waals surface area contributed by atoms with E-state index in [0.717, 1.165) is 29.5 Å². The number of nitrogen functional groups attached to an aromatic ring is 1. The Bertz CT molecular complexity index is 1290. The van der Waals surface area contributed by atoms with Crippen LogP contribution in [0.5, 0.6) is 11.6 Å². The molecule has 0 spiro atoms. The monoisotopic (exact) mass is 446 g/mol. The van der Waals surface area contributed by atoms with Gasteiger partial charge in [0.25, 0.3) is 0 Å². The van der Waals surface area contributed by atoms with Crippen molar-refractivity contribution < 1.29 is 4.74 Å². The van der Waals surface area contributed by atoms with Crippen molar-refractivity contribution in [3.8, 4) is 29.1 Å². The number of halogens is 1. The SMILES string of the molecule is N#CN1CCC(n2nc(-c3ccc(Oc4ccc(Cl)cn4)cc3)c3c(N)ncnc32)CC1. The third-order valence-corrected chi connectivity index (χ3v) is 5.74. The summed E-state index contributed by atoms with van der Waals surface area (Å²) in [5.74, 6) is 1.48. The van der Waals surface area contributed by atoms with E-state index >= 15 is 0 Å². The molecule has 0 saturated carbocycles. The predicted molar refractivity (Wildman–Crippen MR) is 120 cm³/mol. The molecule has 9 nitrogen and oxygen atoms in total. The number of likely N-dealkylation sites (tertiary alicyclic amines) is 1. The number of ether oxygens (including phenoxy) is 1. The molecule has 0 amide bonds. The first-order valence-electron chi connectivity index (χ1n) is 10.2. The highest BCUT2D eigenvalue weighted by Crippen LogP contribution is 2.35. The van der Waals surface area contributed by atoms with Crippen LogP contribution in [0.1, 0.15) is 18.9 Å². The number of aromatic nitrogens is 5. The second-order valence-electron chi connectivity index (χ2n) is 7.51. The third kappa shape index (κ3) is 3.76. The largest absolute Gasteiger partial charge is 0.439 e. The molecule has 1 aliphatic heterocycles. The number of hydrogen-bond donors (Lipinski definition) is 1. The van der Waals surface area contributed by atoms with Crippen molar-refractivity contribution in [2.24, 2.45) is 0 Å². The molecule has 4 aromatic rings. The maximum Gasteiger partial charge on any atom is 0.219 e. The van der Waals surface area contributed by atoms with E-state index in [0.29, 0.717) is 41.2 Å². The Morgan fingerprint density at radius 2 is 1.84 bits per heavy atom. The minimum atomic E-state index is 0.142. The lowest BCUT2D eigenvalue weighted by Gasteiger charge is -2.28. The zero-order chi connectivity index (χ0) is 22.1. The zero-order valence-electron chi connectivity index (χ0n) is 17.0. The summed E-state index contributed by atoms with van der Waals surface area (Å²) in [5.41, 5.74) is 8.52. The van der Waals surface area contributed by atoms with Crippen LogP contribution >= 0.6 is 11.6 Å². The fourth-order valence-electron chi connectivity index (χ4n) is 3.89. The van der Waals surface area contributed by atoms with Gasteiger partial charge in [0.1, 0.15) is 23.6 Å². The molecule has 3 aromatic heterocycles. The van der Waals surface area contributed by atoms with Crippen LogP contribution in [0.2, 0.25) is 5.02 Å². The van der Waals surface area contributed by atoms with E-state index in [1.165, 1.54) is 12.5 Å². The summed E-state index contributed by atoms with van der Waals surface area (Å²) in [6, 6.07) is 11.1. The number of piperidine rings is 1. The van der Waals surface area contributed by atoms with Crippen LogP contribution in [0, 0.1) is 11.5 Å². The highest BCUT2D eigenvalue weighted by molar-refractivity contribution is 6.30. The van der Waals surface area contributed by atoms with E-state index in [4.69, 9.17) is 32.4 Å². The van der Waals surface area contributed by atoms with Gasteiger partial charge in [0.05, 0.1) is 16.5 Å². The Labute approximate surface area is 189 Å². The lowest BCUT2D eigenvalue weighted by atomic mass is 10.1. The second kappa shape index (κ2) is 8.32. The first-order valence-corrected chi connectivity index (χ1v) is 10.5. The second-order valence-corrected chi connectivity index (χ2v) is 7.95. The van der Waals surface area contributed by atoms with Gasteiger partial charge in [0.2, 0.25) is 5.88 Å². The van der Waals surface area contributed by atoms with Gasteiger partial charge < -0.3 is 15.4 Å². The van der Waals surface area contributed by atoms with Crippen LogP contribution in [-0.4, -0.2) is 42.7 Å². The molecule has 0 bridgehead atoms. The zero-order valence-corrected chi connectivity index (χ0v) is 17.8. The molecule has 32 heavy (non-hydrogen) atoms. The van der Waals surface area contributed by atoms with Gasteiger partial charge in [-0.05, 0) is 43.2 Å². The maximum absolute atomic E-state index is 9.13. The fourth-order valence-corrected chi connectivity index (χ4v) is 4.00. The molecule has 5 rings (SSSR count). The third-order valence-electron chi connectivity index (χ3n) is 5.52. The fraction of sp³-hybridized carbons (Fsp3) is 0.227. The van der Waals surface area contributed by atoms with E-state index in [-0.39, 0.29) is 6.04 Å². The molecule has 2 N–H and O–H groups in total. The molecule has 10 heteroatoms. The summed E-state index contributed by atoms with van der Waals surface area (Å²) >= 11 is 5.87. The Balaban J connectivity index is 1.47. The molecule has 0 unspecified atom stereocenters. The number of nitrogens with zero attached hydrogens (tertiary/aromatic N) is 7. The predicted octanol–water partition coefficient (Wildman–Crippen LogP) is 4.03. The van der Waals surface area contributed by atoms with Crippen molar-refractivity contribution >= 4 is 28.5 Å². The van der Waals surface area contributed by atoms with Crippen molar-refractivity contribution in [3.05, 3.63) is 53.9 Å². The minimum Gasteiger partial charge on any atom is -0.439 e. The van der Waals surface area contributed by atoms with Gasteiger partial charge >= 0.3 is 0 Å². The highest BCUT2D eigenvalue weighted by atomic mass is 35.5. The topological polar surface area (TPSA) is 119 Å². The van der Waals surface area contributed by atoms with Gasteiger partial charge in [-0.3, -0.25) is 0 Å². The molecule has 1 aliphatic rings. The van der Waals surface area contributed by atoms with E-state index in [2.05, 4.69) is 21.1 Å². The summed E-state index contributed by atoms with van der Waals surface area (Å²) in [6.07, 6.45) is 6.84. The van der Waals surface area contributed by atoms with Gasteiger partial charge in [0.15, 0.2) is 11.8 Å². The molecule has 0 aliphatic carbocycles. The summed E-state index contributed by atoms with van der Waals surface area (Å²) in [4.78, 5) is 14.6. The van der Waals surface area contributed by atoms with E-state index in [1.807, 2.05) is 28.9 Å². The number of rotatable bonds is 4. The summed E-state index contributed by atoms with van der Waals surface area (Å²) in [6.45, 7) is 1.40. The van der Waals surface area contributed by atoms with Crippen molar-refractivity contribution in [2.45, 2.75) is 18.9 Å². The van der Waals surface area contributed by atoms with Crippen LogP contribution in [0.4, 0.5) is 5.82 Å². The molecule has 0 atom stereocenters. The molecule has 1 fully saturated rings. The number of fused-ring (bicyclic) bond motifs is 1. The lowest BCUT2D eigenvalue weighted by molar-refractivity contribution is 0.245. The number of nitriles is 1. The highest BCUT2D eigenvalue weighted by Gasteiger charge is 2.25. The summed E-state index contributed by atoms with van der Waals surface area (Å²) in [5, 5.41) is 15.3. The molecule has 0 radical (unpaired) electrons. The van der Waals surface area contributed by atoms with Gasteiger partial charge in [-0.15, -0.1) is 0 Å². The minimum absolute atomic E-state index is 0.142. The van der Waals surface area contributed by atoms with Crippen LogP contribution in [0.3, 0.4) is 0 Å². The number of pyridine rings is 1. The molecule has 1 saturated heterocycles. The van der Waals surface area contributed by atoms with Crippen molar-refractivity contribution in [2.75, 3.05) is 18.8 Å². The standard InChI is InChI=1S/C22H19ClN8O/c23-15-3-6-18(26-11-15)32-17-4-1-14(2-5-17)20-19-21(25)27-13-28-22(19)31(29-20)16-7-9-30(12-24)10-8-16/h1-6,11,13,16H,7-10H2,(H2,25,27,28). The van der Waals surface area contributed by atoms with E-state index < -0.39 is 0 Å². The van der Waals surface area contributed by atoms with Gasteiger partial charge in [-0.25, -0.2) is 19.6 Å². The first-order chi connectivity index (χ1) is 15.6. The van der Waals surface area contributed by atoms with Crippen LogP contribution < -0.4 is 10.5 Å². The number of benzene rings is 1. The lowest BCUT2D eigenvalue weighted by Crippen LogP contribution is -2.31. The molecule has 1 aromatic carbocycles. The Hall–Kier alpha value is -3.90. The quantitative estimate of drug-likeness (QED) is 0.466. The number of hydrogen-bond acceptors (Lipinski definition) is 8. The van der Waals surface area contributed by atoms with Crippen LogP contribution in [-0.2, 0) is 0 Å². The normalized spacial score (nSPS) is 14.4. The summed E-state index contributed by atoms with van der Waals surface area (Å²) < 4.78 is 7.71. The maximum atomic E-state index is 9.13. The smallest absolute Gasteiger partial charge is 0.219 e. The molecule has 4 heterocycles. The van der Waals surface area contributed by atoms with Crippen LogP contribution in [0.25, 0.3) is 22.3 Å². The number of anilines is 1. The van der Waals surface area contributed by atoms with Crippen molar-refractivity contribution in [3.63, 3.8) is 0 Å². The molecular weight excluding hydrogens is 428 g/mol. The first kappa shape index (κ1) is 20.0. The van der Waals surface area contributed by atoms with Crippen molar-refractivity contribution in [1.29, 1.82) is 5.26 Å². The Morgan fingerprint density at radius 3 is 2.53 bits per heavy atom. The van der Waals surface area contributed by atoms with Crippen molar-refractivity contribution in [1.82, 2.24) is 29.6 Å². The van der Waals surface area contributed by atoms with E-state index in [9.17, 15) is 0 Å².